The number of aromatic nitrogens is 1. The minimum Gasteiger partial charge on any atom is -0.330 e. The maximum atomic E-state index is 13.3. The van der Waals surface area contributed by atoms with Crippen LogP contribution in [0.2, 0.25) is 0 Å². The summed E-state index contributed by atoms with van der Waals surface area (Å²) in [7, 11) is 0. The van der Waals surface area contributed by atoms with Gasteiger partial charge >= 0.3 is 0 Å². The second-order valence-electron chi connectivity index (χ2n) is 5.14. The second kappa shape index (κ2) is 5.93. The minimum absolute atomic E-state index is 0.108. The Hall–Kier alpha value is -1.75. The van der Waals surface area contributed by atoms with Crippen LogP contribution in [0.25, 0.3) is 0 Å². The number of carbonyl (C=O) groups excluding carboxylic acids is 1. The molecule has 1 aromatic carbocycles. The van der Waals surface area contributed by atoms with Gasteiger partial charge in [0.1, 0.15) is 16.1 Å². The molecule has 1 aromatic heterocycles. The van der Waals surface area contributed by atoms with Crippen LogP contribution in [0, 0.1) is 5.82 Å². The predicted octanol–water partition coefficient (Wildman–Crippen LogP) is 3.79. The Morgan fingerprint density at radius 1 is 1.29 bits per heavy atom. The number of rotatable bonds is 4. The topological polar surface area (TPSA) is 33.2 Å². The van der Waals surface area contributed by atoms with E-state index in [9.17, 15) is 9.18 Å². The Morgan fingerprint density at radius 2 is 2.05 bits per heavy atom. The molecule has 0 N–H and O–H groups in total. The normalized spacial score (nSPS) is 14.0. The Bertz CT molecular complexity index is 673. The van der Waals surface area contributed by atoms with Crippen LogP contribution in [0.1, 0.15) is 28.9 Å². The molecule has 0 atom stereocenters. The highest BCUT2D eigenvalue weighted by molar-refractivity contribution is 9.10. The number of halogens is 2. The first-order chi connectivity index (χ1) is 10.1. The van der Waals surface area contributed by atoms with Gasteiger partial charge in [-0.1, -0.05) is 18.2 Å². The van der Waals surface area contributed by atoms with Crippen molar-refractivity contribution in [2.75, 3.05) is 0 Å². The van der Waals surface area contributed by atoms with E-state index in [1.54, 1.807) is 29.2 Å². The summed E-state index contributed by atoms with van der Waals surface area (Å²) in [6.45, 7) is 0.412. The molecule has 1 heterocycles. The van der Waals surface area contributed by atoms with E-state index in [4.69, 9.17) is 0 Å². The first-order valence-electron chi connectivity index (χ1n) is 6.81. The van der Waals surface area contributed by atoms with Crippen molar-refractivity contribution in [1.82, 2.24) is 9.88 Å². The number of pyridine rings is 1. The van der Waals surface area contributed by atoms with Gasteiger partial charge in [0, 0.05) is 12.6 Å². The molecule has 2 aromatic rings. The molecule has 3 nitrogen and oxygen atoms in total. The molecule has 1 aliphatic rings. The van der Waals surface area contributed by atoms with Gasteiger partial charge < -0.3 is 4.90 Å². The number of benzene rings is 1. The van der Waals surface area contributed by atoms with Gasteiger partial charge in [0.2, 0.25) is 0 Å². The number of amides is 1. The van der Waals surface area contributed by atoms with Crippen molar-refractivity contribution in [1.29, 1.82) is 0 Å². The maximum absolute atomic E-state index is 13.3. The average molecular weight is 349 g/mol. The number of carbonyl (C=O) groups is 1. The fourth-order valence-electron chi connectivity index (χ4n) is 2.26. The van der Waals surface area contributed by atoms with Gasteiger partial charge in [0.15, 0.2) is 0 Å². The van der Waals surface area contributed by atoms with Crippen LogP contribution in [0.5, 0.6) is 0 Å². The largest absolute Gasteiger partial charge is 0.330 e. The zero-order chi connectivity index (χ0) is 14.8. The molecule has 1 amide bonds. The molecule has 3 rings (SSSR count). The fourth-order valence-corrected chi connectivity index (χ4v) is 2.60. The predicted molar refractivity (Wildman–Crippen MR) is 81.2 cm³/mol. The third-order valence-corrected chi connectivity index (χ3v) is 3.87. The molecular formula is C16H14BrFN2O. The van der Waals surface area contributed by atoms with Gasteiger partial charge in [-0.2, -0.15) is 0 Å². The van der Waals surface area contributed by atoms with Crippen molar-refractivity contribution in [3.05, 3.63) is 64.1 Å². The smallest absolute Gasteiger partial charge is 0.273 e. The molecule has 0 spiro atoms. The second-order valence-corrected chi connectivity index (χ2v) is 5.95. The van der Waals surface area contributed by atoms with Crippen LogP contribution in [-0.2, 0) is 6.54 Å². The Labute approximate surface area is 130 Å². The summed E-state index contributed by atoms with van der Waals surface area (Å²) in [5, 5.41) is 0. The molecule has 0 saturated heterocycles. The summed E-state index contributed by atoms with van der Waals surface area (Å²) in [5.74, 6) is -0.390. The molecule has 0 aliphatic heterocycles. The van der Waals surface area contributed by atoms with Crippen LogP contribution in [0.3, 0.4) is 0 Å². The van der Waals surface area contributed by atoms with Crippen molar-refractivity contribution in [2.24, 2.45) is 0 Å². The molecule has 1 saturated carbocycles. The molecule has 108 valence electrons. The monoisotopic (exact) mass is 348 g/mol. The Balaban J connectivity index is 1.83. The summed E-state index contributed by atoms with van der Waals surface area (Å²) in [4.78, 5) is 18.6. The first-order valence-corrected chi connectivity index (χ1v) is 7.61. The first kappa shape index (κ1) is 14.2. The lowest BCUT2D eigenvalue weighted by atomic mass is 10.2. The molecule has 21 heavy (non-hydrogen) atoms. The van der Waals surface area contributed by atoms with Gasteiger partial charge in [-0.05, 0) is 58.6 Å². The van der Waals surface area contributed by atoms with Crippen LogP contribution in [0.15, 0.2) is 47.1 Å². The Kier molecular flexibility index (Phi) is 4.01. The lowest BCUT2D eigenvalue weighted by molar-refractivity contribution is 0.0723. The van der Waals surface area contributed by atoms with Gasteiger partial charge in [-0.3, -0.25) is 4.79 Å². The SMILES string of the molecule is O=C(c1cccc(Br)n1)N(Cc1cccc(F)c1)C1CC1. The highest BCUT2D eigenvalue weighted by Gasteiger charge is 2.33. The van der Waals surface area contributed by atoms with Crippen LogP contribution < -0.4 is 0 Å². The third-order valence-electron chi connectivity index (χ3n) is 3.42. The van der Waals surface area contributed by atoms with Crippen LogP contribution in [0.4, 0.5) is 4.39 Å². The molecule has 1 fully saturated rings. The van der Waals surface area contributed by atoms with Gasteiger partial charge in [0.25, 0.3) is 5.91 Å². The molecule has 5 heteroatoms. The lowest BCUT2D eigenvalue weighted by Gasteiger charge is -2.22. The summed E-state index contributed by atoms with van der Waals surface area (Å²) < 4.78 is 13.9. The van der Waals surface area contributed by atoms with Crippen molar-refractivity contribution in [3.8, 4) is 0 Å². The van der Waals surface area contributed by atoms with Crippen molar-refractivity contribution in [3.63, 3.8) is 0 Å². The van der Waals surface area contributed by atoms with Crippen molar-refractivity contribution < 1.29 is 9.18 Å². The number of hydrogen-bond donors (Lipinski definition) is 0. The van der Waals surface area contributed by atoms with E-state index in [-0.39, 0.29) is 17.8 Å². The van der Waals surface area contributed by atoms with Crippen LogP contribution in [-0.4, -0.2) is 21.8 Å². The number of nitrogens with zero attached hydrogens (tertiary/aromatic N) is 2. The van der Waals surface area contributed by atoms with E-state index in [0.717, 1.165) is 18.4 Å². The third kappa shape index (κ3) is 3.47. The van der Waals surface area contributed by atoms with E-state index in [0.29, 0.717) is 16.8 Å². The van der Waals surface area contributed by atoms with Gasteiger partial charge in [0.05, 0.1) is 0 Å². The molecule has 0 unspecified atom stereocenters. The van der Waals surface area contributed by atoms with Crippen LogP contribution >= 0.6 is 15.9 Å². The standard InChI is InChI=1S/C16H14BrFN2O/c17-15-6-2-5-14(19-15)16(21)20(13-7-8-13)10-11-3-1-4-12(18)9-11/h1-6,9,13H,7-8,10H2. The van der Waals surface area contributed by atoms with E-state index < -0.39 is 0 Å². The quantitative estimate of drug-likeness (QED) is 0.787. The van der Waals surface area contributed by atoms with Crippen molar-refractivity contribution in [2.45, 2.75) is 25.4 Å². The van der Waals surface area contributed by atoms with Crippen molar-refractivity contribution >= 4 is 21.8 Å². The van der Waals surface area contributed by atoms with Gasteiger partial charge in [-0.25, -0.2) is 9.37 Å². The summed E-state index contributed by atoms with van der Waals surface area (Å²) in [6, 6.07) is 11.9. The number of hydrogen-bond acceptors (Lipinski definition) is 2. The Morgan fingerprint density at radius 3 is 2.71 bits per heavy atom. The maximum Gasteiger partial charge on any atom is 0.273 e. The molecular weight excluding hydrogens is 335 g/mol. The zero-order valence-corrected chi connectivity index (χ0v) is 12.9. The molecule has 0 radical (unpaired) electrons. The average Bonchev–Trinajstić information content (AvgIpc) is 3.29. The van der Waals surface area contributed by atoms with E-state index in [1.165, 1.54) is 12.1 Å². The molecule has 1 aliphatic carbocycles. The lowest BCUT2D eigenvalue weighted by Crippen LogP contribution is -2.33. The van der Waals surface area contributed by atoms with E-state index in [1.807, 2.05) is 6.07 Å². The highest BCUT2D eigenvalue weighted by Crippen LogP contribution is 2.29. The highest BCUT2D eigenvalue weighted by atomic mass is 79.9. The summed E-state index contributed by atoms with van der Waals surface area (Å²) in [5.41, 5.74) is 1.21. The minimum atomic E-state index is -0.281. The molecule has 0 bridgehead atoms. The van der Waals surface area contributed by atoms with E-state index in [2.05, 4.69) is 20.9 Å². The summed E-state index contributed by atoms with van der Waals surface area (Å²) >= 11 is 3.28. The fraction of sp³-hybridized carbons (Fsp3) is 0.250. The zero-order valence-electron chi connectivity index (χ0n) is 11.3. The van der Waals surface area contributed by atoms with E-state index >= 15 is 0 Å². The summed E-state index contributed by atoms with van der Waals surface area (Å²) in [6.07, 6.45) is 1.99. The van der Waals surface area contributed by atoms with Gasteiger partial charge in [-0.15, -0.1) is 0 Å².